The van der Waals surface area contributed by atoms with Crippen molar-refractivity contribution in [3.8, 4) is 0 Å². The molecule has 4 nitrogen and oxygen atoms in total. The van der Waals surface area contributed by atoms with Crippen LogP contribution in [0.15, 0.2) is 0 Å². The van der Waals surface area contributed by atoms with Crippen molar-refractivity contribution in [1.82, 2.24) is 0 Å². The van der Waals surface area contributed by atoms with Crippen LogP contribution in [0.5, 0.6) is 0 Å². The zero-order valence-corrected chi connectivity index (χ0v) is 9.06. The number of hydrogen-bond donors (Lipinski definition) is 1. The molecule has 0 radical (unpaired) electrons. The van der Waals surface area contributed by atoms with E-state index in [-0.39, 0.29) is 19.0 Å². The van der Waals surface area contributed by atoms with E-state index in [1.807, 2.05) is 0 Å². The maximum absolute atomic E-state index is 11.5. The summed E-state index contributed by atoms with van der Waals surface area (Å²) in [5, 5.41) is 0. The second-order valence-electron chi connectivity index (χ2n) is 2.31. The monoisotopic (exact) mass is 231 g/mol. The van der Waals surface area contributed by atoms with E-state index in [9.17, 15) is 4.39 Å². The van der Waals surface area contributed by atoms with E-state index in [0.29, 0.717) is 39.6 Å². The van der Waals surface area contributed by atoms with Crippen molar-refractivity contribution in [2.45, 2.75) is 0 Å². The number of rotatable bonds is 10. The summed E-state index contributed by atoms with van der Waals surface area (Å²) in [5.41, 5.74) is 5.20. The lowest BCUT2D eigenvalue weighted by Crippen LogP contribution is -2.13. The summed E-state index contributed by atoms with van der Waals surface area (Å²) in [6, 6.07) is 0. The molecule has 0 aliphatic heterocycles. The largest absolute Gasteiger partial charge is 0.378 e. The Morgan fingerprint density at radius 2 is 1.21 bits per heavy atom. The number of ether oxygens (including phenoxy) is 3. The Labute approximate surface area is 90.3 Å². The second kappa shape index (κ2) is 15.5. The molecule has 0 heterocycles. The van der Waals surface area contributed by atoms with Gasteiger partial charge >= 0.3 is 0 Å². The van der Waals surface area contributed by atoms with Gasteiger partial charge in [-0.2, -0.15) is 0 Å². The summed E-state index contributed by atoms with van der Waals surface area (Å²) in [6.45, 7) is 2.76. The lowest BCUT2D eigenvalue weighted by molar-refractivity contribution is 0.0137. The minimum absolute atomic E-state index is 0. The van der Waals surface area contributed by atoms with Gasteiger partial charge in [-0.25, -0.2) is 4.39 Å². The van der Waals surface area contributed by atoms with Crippen molar-refractivity contribution >= 4 is 12.4 Å². The maximum atomic E-state index is 11.5. The fourth-order valence-electron chi connectivity index (χ4n) is 0.680. The molecule has 0 spiro atoms. The van der Waals surface area contributed by atoms with Crippen LogP contribution in [-0.2, 0) is 14.2 Å². The normalized spacial score (nSPS) is 9.86. The van der Waals surface area contributed by atoms with Crippen LogP contribution < -0.4 is 5.73 Å². The van der Waals surface area contributed by atoms with E-state index >= 15 is 0 Å². The van der Waals surface area contributed by atoms with Gasteiger partial charge in [0.25, 0.3) is 0 Å². The van der Waals surface area contributed by atoms with Crippen LogP contribution in [0.1, 0.15) is 0 Å². The van der Waals surface area contributed by atoms with Crippen molar-refractivity contribution < 1.29 is 18.6 Å². The van der Waals surface area contributed by atoms with Crippen LogP contribution in [0.25, 0.3) is 0 Å². The molecule has 0 saturated heterocycles. The topological polar surface area (TPSA) is 53.7 Å². The Morgan fingerprint density at radius 3 is 1.64 bits per heavy atom. The lowest BCUT2D eigenvalue weighted by atomic mass is 10.7. The summed E-state index contributed by atoms with van der Waals surface area (Å²) in [4.78, 5) is 0. The van der Waals surface area contributed by atoms with Gasteiger partial charge in [-0.3, -0.25) is 0 Å². The van der Waals surface area contributed by atoms with E-state index in [0.717, 1.165) is 0 Å². The molecule has 0 amide bonds. The first-order valence-electron chi connectivity index (χ1n) is 4.41. The molecule has 14 heavy (non-hydrogen) atoms. The summed E-state index contributed by atoms with van der Waals surface area (Å²) in [7, 11) is 0. The number of halogens is 2. The number of nitrogens with two attached hydrogens (primary N) is 1. The molecule has 0 rings (SSSR count). The van der Waals surface area contributed by atoms with Gasteiger partial charge in [-0.05, 0) is 0 Å². The summed E-state index contributed by atoms with van der Waals surface area (Å²) >= 11 is 0. The highest BCUT2D eigenvalue weighted by Crippen LogP contribution is 1.80. The average molecular weight is 232 g/mol. The third-order valence-corrected chi connectivity index (χ3v) is 1.23. The Hall–Kier alpha value is 0.0600. The van der Waals surface area contributed by atoms with E-state index in [4.69, 9.17) is 19.9 Å². The van der Waals surface area contributed by atoms with Gasteiger partial charge in [0.15, 0.2) is 0 Å². The van der Waals surface area contributed by atoms with Gasteiger partial charge in [0.05, 0.1) is 39.6 Å². The minimum Gasteiger partial charge on any atom is -0.378 e. The molecule has 6 heteroatoms. The van der Waals surface area contributed by atoms with Crippen molar-refractivity contribution in [1.29, 1.82) is 0 Å². The number of hydrogen-bond acceptors (Lipinski definition) is 4. The Bertz CT molecular complexity index is 90.7. The zero-order valence-electron chi connectivity index (χ0n) is 8.25. The SMILES string of the molecule is Cl.NCCOCCOCCOCCF. The standard InChI is InChI=1S/C8H18FNO3.ClH/c9-1-3-11-5-7-13-8-6-12-4-2-10;/h1-8,10H2;1H. The van der Waals surface area contributed by atoms with Crippen LogP contribution in [0.3, 0.4) is 0 Å². The fourth-order valence-corrected chi connectivity index (χ4v) is 0.680. The molecule has 0 aromatic carbocycles. The Balaban J connectivity index is 0. The highest BCUT2D eigenvalue weighted by Gasteiger charge is 1.90. The van der Waals surface area contributed by atoms with Crippen molar-refractivity contribution in [2.75, 3.05) is 52.9 Å². The van der Waals surface area contributed by atoms with Gasteiger partial charge in [0.2, 0.25) is 0 Å². The van der Waals surface area contributed by atoms with Crippen molar-refractivity contribution in [3.05, 3.63) is 0 Å². The van der Waals surface area contributed by atoms with Crippen molar-refractivity contribution in [2.24, 2.45) is 5.73 Å². The maximum Gasteiger partial charge on any atom is 0.113 e. The molecule has 0 unspecified atom stereocenters. The third kappa shape index (κ3) is 14.6. The quantitative estimate of drug-likeness (QED) is 0.553. The van der Waals surface area contributed by atoms with Crippen LogP contribution in [-0.4, -0.2) is 52.9 Å². The second-order valence-corrected chi connectivity index (χ2v) is 2.31. The van der Waals surface area contributed by atoms with Crippen LogP contribution >= 0.6 is 12.4 Å². The predicted octanol–water partition coefficient (Wildman–Crippen LogP) is 0.386. The highest BCUT2D eigenvalue weighted by atomic mass is 35.5. The van der Waals surface area contributed by atoms with Gasteiger partial charge in [0, 0.05) is 6.54 Å². The predicted molar refractivity (Wildman–Crippen MR) is 54.7 cm³/mol. The lowest BCUT2D eigenvalue weighted by Gasteiger charge is -2.04. The van der Waals surface area contributed by atoms with Crippen LogP contribution in [0.4, 0.5) is 4.39 Å². The first kappa shape index (κ1) is 16.5. The molecular formula is C8H19ClFNO3. The average Bonchev–Trinajstić information content (AvgIpc) is 2.16. The number of alkyl halides is 1. The van der Waals surface area contributed by atoms with Gasteiger partial charge in [0.1, 0.15) is 6.67 Å². The molecular weight excluding hydrogens is 213 g/mol. The van der Waals surface area contributed by atoms with E-state index in [1.165, 1.54) is 0 Å². The van der Waals surface area contributed by atoms with E-state index < -0.39 is 6.67 Å². The smallest absolute Gasteiger partial charge is 0.113 e. The highest BCUT2D eigenvalue weighted by molar-refractivity contribution is 5.85. The minimum atomic E-state index is -0.445. The summed E-state index contributed by atoms with van der Waals surface area (Å²) < 4.78 is 26.5. The molecule has 0 aliphatic rings. The zero-order chi connectivity index (χ0) is 9.78. The third-order valence-electron chi connectivity index (χ3n) is 1.23. The molecule has 0 fully saturated rings. The molecule has 0 atom stereocenters. The molecule has 0 saturated carbocycles. The first-order chi connectivity index (χ1) is 6.41. The molecule has 88 valence electrons. The Kier molecular flexibility index (Phi) is 18.3. The molecule has 2 N–H and O–H groups in total. The molecule has 0 aromatic rings. The van der Waals surface area contributed by atoms with Crippen LogP contribution in [0, 0.1) is 0 Å². The molecule has 0 bridgehead atoms. The van der Waals surface area contributed by atoms with E-state index in [1.54, 1.807) is 0 Å². The van der Waals surface area contributed by atoms with Gasteiger partial charge in [-0.1, -0.05) is 0 Å². The van der Waals surface area contributed by atoms with E-state index in [2.05, 4.69) is 0 Å². The Morgan fingerprint density at radius 1 is 0.786 bits per heavy atom. The molecule has 0 aromatic heterocycles. The van der Waals surface area contributed by atoms with Gasteiger partial charge in [-0.15, -0.1) is 12.4 Å². The fraction of sp³-hybridized carbons (Fsp3) is 1.00. The van der Waals surface area contributed by atoms with Crippen molar-refractivity contribution in [3.63, 3.8) is 0 Å². The van der Waals surface area contributed by atoms with Crippen LogP contribution in [0.2, 0.25) is 0 Å². The van der Waals surface area contributed by atoms with Gasteiger partial charge < -0.3 is 19.9 Å². The summed E-state index contributed by atoms with van der Waals surface area (Å²) in [5.74, 6) is 0. The molecule has 0 aliphatic carbocycles. The summed E-state index contributed by atoms with van der Waals surface area (Å²) in [6.07, 6.45) is 0. The first-order valence-corrected chi connectivity index (χ1v) is 4.41.